The standard InChI is InChI=1S/C23H23BrN2O3/c24-17-9-10-18-20(27)14-22(29-21(18)13-17)23(28)25-15-19(16-7-3-1-4-8-16)26-11-5-2-6-12-26/h1,3-4,7-10,13-14,19H,2,5-6,11-12,15H2,(H,25,28)/t19-/m0/s1. The average molecular weight is 455 g/mol. The SMILES string of the molecule is O=C(NC[C@@H](c1ccccc1)N1CCCCC1)c1cc(=O)c2ccc(Br)cc2o1. The van der Waals surface area contributed by atoms with Crippen LogP contribution in [0.3, 0.4) is 0 Å². The van der Waals surface area contributed by atoms with Crippen LogP contribution >= 0.6 is 15.9 Å². The zero-order valence-corrected chi connectivity index (χ0v) is 17.7. The summed E-state index contributed by atoms with van der Waals surface area (Å²) in [7, 11) is 0. The fourth-order valence-corrected chi connectivity index (χ4v) is 4.22. The molecule has 0 radical (unpaired) electrons. The van der Waals surface area contributed by atoms with E-state index in [2.05, 4.69) is 38.3 Å². The van der Waals surface area contributed by atoms with E-state index >= 15 is 0 Å². The van der Waals surface area contributed by atoms with Crippen molar-refractivity contribution in [3.8, 4) is 0 Å². The summed E-state index contributed by atoms with van der Waals surface area (Å²) in [6.45, 7) is 2.51. The lowest BCUT2D eigenvalue weighted by Gasteiger charge is -2.35. The molecule has 0 bridgehead atoms. The summed E-state index contributed by atoms with van der Waals surface area (Å²) < 4.78 is 6.50. The topological polar surface area (TPSA) is 62.6 Å². The third-order valence-corrected chi connectivity index (χ3v) is 5.88. The van der Waals surface area contributed by atoms with Gasteiger partial charge in [-0.05, 0) is 49.7 Å². The van der Waals surface area contributed by atoms with Gasteiger partial charge in [0.25, 0.3) is 5.91 Å². The number of amides is 1. The van der Waals surface area contributed by atoms with Crippen LogP contribution < -0.4 is 10.7 Å². The van der Waals surface area contributed by atoms with Crippen LogP contribution in [0.25, 0.3) is 11.0 Å². The molecule has 1 saturated heterocycles. The molecule has 0 aliphatic carbocycles. The number of nitrogens with zero attached hydrogens (tertiary/aromatic N) is 1. The predicted octanol–water partition coefficient (Wildman–Crippen LogP) is 4.51. The highest BCUT2D eigenvalue weighted by atomic mass is 79.9. The summed E-state index contributed by atoms with van der Waals surface area (Å²) in [5, 5.41) is 3.43. The monoisotopic (exact) mass is 454 g/mol. The fourth-order valence-electron chi connectivity index (χ4n) is 3.88. The van der Waals surface area contributed by atoms with Crippen LogP contribution in [0.5, 0.6) is 0 Å². The third-order valence-electron chi connectivity index (χ3n) is 5.39. The minimum absolute atomic E-state index is 0.0334. The van der Waals surface area contributed by atoms with Gasteiger partial charge in [0, 0.05) is 17.1 Å². The molecule has 6 heteroatoms. The van der Waals surface area contributed by atoms with E-state index in [1.54, 1.807) is 18.2 Å². The Morgan fingerprint density at radius 2 is 1.83 bits per heavy atom. The van der Waals surface area contributed by atoms with E-state index in [1.165, 1.54) is 30.9 Å². The number of hydrogen-bond acceptors (Lipinski definition) is 4. The second-order valence-corrected chi connectivity index (χ2v) is 8.26. The van der Waals surface area contributed by atoms with Crippen LogP contribution in [0.2, 0.25) is 0 Å². The van der Waals surface area contributed by atoms with Crippen LogP contribution in [-0.2, 0) is 0 Å². The molecule has 0 unspecified atom stereocenters. The summed E-state index contributed by atoms with van der Waals surface area (Å²) in [4.78, 5) is 27.6. The molecular formula is C23H23BrN2O3. The number of carbonyl (C=O) groups is 1. The largest absolute Gasteiger partial charge is 0.451 e. The van der Waals surface area contributed by atoms with Crippen molar-refractivity contribution in [1.29, 1.82) is 0 Å². The van der Waals surface area contributed by atoms with E-state index in [9.17, 15) is 9.59 Å². The first-order valence-electron chi connectivity index (χ1n) is 9.92. The van der Waals surface area contributed by atoms with Gasteiger partial charge in [-0.25, -0.2) is 0 Å². The molecule has 150 valence electrons. The van der Waals surface area contributed by atoms with E-state index in [-0.39, 0.29) is 23.1 Å². The van der Waals surface area contributed by atoms with Gasteiger partial charge in [-0.1, -0.05) is 52.7 Å². The van der Waals surface area contributed by atoms with Gasteiger partial charge < -0.3 is 9.73 Å². The van der Waals surface area contributed by atoms with E-state index < -0.39 is 0 Å². The third kappa shape index (κ3) is 4.60. The first-order chi connectivity index (χ1) is 14.1. The molecule has 29 heavy (non-hydrogen) atoms. The van der Waals surface area contributed by atoms with Crippen LogP contribution in [0.1, 0.15) is 41.4 Å². The number of benzene rings is 2. The Kier molecular flexibility index (Phi) is 6.11. The number of carbonyl (C=O) groups excluding carboxylic acids is 1. The molecule has 1 aliphatic heterocycles. The molecule has 2 heterocycles. The second kappa shape index (κ2) is 8.93. The zero-order chi connectivity index (χ0) is 20.2. The quantitative estimate of drug-likeness (QED) is 0.615. The molecule has 1 aliphatic rings. The van der Waals surface area contributed by atoms with E-state index in [4.69, 9.17) is 4.42 Å². The van der Waals surface area contributed by atoms with Gasteiger partial charge in [-0.15, -0.1) is 0 Å². The van der Waals surface area contributed by atoms with Crippen molar-refractivity contribution < 1.29 is 9.21 Å². The van der Waals surface area contributed by atoms with Gasteiger partial charge in [0.1, 0.15) is 5.58 Å². The summed E-state index contributed by atoms with van der Waals surface area (Å²) in [6, 6.07) is 16.8. The van der Waals surface area contributed by atoms with Crippen molar-refractivity contribution >= 4 is 32.8 Å². The maximum Gasteiger partial charge on any atom is 0.287 e. The Morgan fingerprint density at radius 1 is 1.07 bits per heavy atom. The zero-order valence-electron chi connectivity index (χ0n) is 16.1. The Labute approximate surface area is 177 Å². The van der Waals surface area contributed by atoms with E-state index in [0.29, 0.717) is 17.5 Å². The van der Waals surface area contributed by atoms with Crippen molar-refractivity contribution in [2.75, 3.05) is 19.6 Å². The van der Waals surface area contributed by atoms with Gasteiger partial charge in [0.15, 0.2) is 11.2 Å². The Morgan fingerprint density at radius 3 is 2.59 bits per heavy atom. The van der Waals surface area contributed by atoms with Gasteiger partial charge in [-0.3, -0.25) is 14.5 Å². The van der Waals surface area contributed by atoms with Crippen LogP contribution in [-0.4, -0.2) is 30.4 Å². The summed E-state index contributed by atoms with van der Waals surface area (Å²) >= 11 is 3.37. The minimum atomic E-state index is -0.373. The van der Waals surface area contributed by atoms with Crippen LogP contribution in [0.4, 0.5) is 0 Å². The fraction of sp³-hybridized carbons (Fsp3) is 0.304. The van der Waals surface area contributed by atoms with Gasteiger partial charge in [-0.2, -0.15) is 0 Å². The number of nitrogens with one attached hydrogen (secondary N) is 1. The van der Waals surface area contributed by atoms with Gasteiger partial charge >= 0.3 is 0 Å². The van der Waals surface area contributed by atoms with E-state index in [1.807, 2.05) is 18.2 Å². The molecule has 2 aromatic carbocycles. The normalized spacial score (nSPS) is 15.9. The first-order valence-corrected chi connectivity index (χ1v) is 10.7. The molecule has 1 N–H and O–H groups in total. The highest BCUT2D eigenvalue weighted by Gasteiger charge is 2.23. The number of rotatable bonds is 5. The Bertz CT molecular complexity index is 1060. The van der Waals surface area contributed by atoms with E-state index in [0.717, 1.165) is 17.6 Å². The number of fused-ring (bicyclic) bond motifs is 1. The maximum atomic E-state index is 12.8. The van der Waals surface area contributed by atoms with Crippen molar-refractivity contribution in [1.82, 2.24) is 10.2 Å². The Balaban J connectivity index is 1.55. The first kappa shape index (κ1) is 19.9. The maximum absolute atomic E-state index is 12.8. The van der Waals surface area contributed by atoms with Gasteiger partial charge in [0.2, 0.25) is 0 Å². The number of likely N-dealkylation sites (tertiary alicyclic amines) is 1. The average Bonchev–Trinajstić information content (AvgIpc) is 2.75. The van der Waals surface area contributed by atoms with Crippen molar-refractivity contribution in [2.24, 2.45) is 0 Å². The highest BCUT2D eigenvalue weighted by molar-refractivity contribution is 9.10. The summed E-state index contributed by atoms with van der Waals surface area (Å²) in [6.07, 6.45) is 3.60. The molecular weight excluding hydrogens is 432 g/mol. The molecule has 0 saturated carbocycles. The minimum Gasteiger partial charge on any atom is -0.451 e. The molecule has 1 fully saturated rings. The molecule has 0 spiro atoms. The molecule has 3 aromatic rings. The van der Waals surface area contributed by atoms with Crippen molar-refractivity contribution in [3.05, 3.63) is 80.6 Å². The predicted molar refractivity (Wildman–Crippen MR) is 117 cm³/mol. The highest BCUT2D eigenvalue weighted by Crippen LogP contribution is 2.24. The van der Waals surface area contributed by atoms with Crippen molar-refractivity contribution in [2.45, 2.75) is 25.3 Å². The molecule has 4 rings (SSSR count). The Hall–Kier alpha value is -2.44. The number of hydrogen-bond donors (Lipinski definition) is 1. The number of halogens is 1. The number of piperidine rings is 1. The lowest BCUT2D eigenvalue weighted by Crippen LogP contribution is -2.40. The summed E-state index contributed by atoms with van der Waals surface area (Å²) in [5.74, 6) is -0.340. The molecule has 1 aromatic heterocycles. The smallest absolute Gasteiger partial charge is 0.287 e. The molecule has 1 atom stereocenters. The van der Waals surface area contributed by atoms with Crippen LogP contribution in [0, 0.1) is 0 Å². The molecule has 5 nitrogen and oxygen atoms in total. The lowest BCUT2D eigenvalue weighted by molar-refractivity contribution is 0.0897. The van der Waals surface area contributed by atoms with Gasteiger partial charge in [0.05, 0.1) is 11.4 Å². The second-order valence-electron chi connectivity index (χ2n) is 7.35. The van der Waals surface area contributed by atoms with Crippen LogP contribution in [0.15, 0.2) is 68.3 Å². The van der Waals surface area contributed by atoms with Crippen molar-refractivity contribution in [3.63, 3.8) is 0 Å². The summed E-state index contributed by atoms with van der Waals surface area (Å²) in [5.41, 5.74) is 1.35. The molecule has 1 amide bonds. The lowest BCUT2D eigenvalue weighted by atomic mass is 10.0.